The molecule has 0 aliphatic carbocycles. The Morgan fingerprint density at radius 1 is 1.21 bits per heavy atom. The quantitative estimate of drug-likeness (QED) is 0.769. The number of aryl methyl sites for hydroxylation is 1. The Bertz CT molecular complexity index is 949. The summed E-state index contributed by atoms with van der Waals surface area (Å²) in [5.41, 5.74) is 1.95. The summed E-state index contributed by atoms with van der Waals surface area (Å²) in [5.74, 6) is -0.316. The molecular weight excluding hydrogens is 304 g/mol. The zero-order valence-electron chi connectivity index (χ0n) is 13.5. The standard InChI is InChI=1S/C18H18N4O2/c1-11-6-5-9-19-15(11)10-12(2)20-18(24)16-13-7-3-4-8-14(13)17(23)22-21-16/h3-9,12H,10H2,1-2H3,(H,20,24)(H,22,23)/t12-/m0/s1. The summed E-state index contributed by atoms with van der Waals surface area (Å²) in [6.45, 7) is 3.91. The van der Waals surface area contributed by atoms with Gasteiger partial charge in [-0.25, -0.2) is 5.10 Å². The summed E-state index contributed by atoms with van der Waals surface area (Å²) < 4.78 is 0. The van der Waals surface area contributed by atoms with Gasteiger partial charge in [-0.1, -0.05) is 24.3 Å². The van der Waals surface area contributed by atoms with Crippen LogP contribution in [-0.4, -0.2) is 27.1 Å². The molecule has 122 valence electrons. The largest absolute Gasteiger partial charge is 0.348 e. The highest BCUT2D eigenvalue weighted by molar-refractivity contribution is 6.04. The number of amides is 1. The maximum absolute atomic E-state index is 12.5. The molecule has 1 aromatic carbocycles. The smallest absolute Gasteiger partial charge is 0.272 e. The molecule has 1 amide bonds. The van der Waals surface area contributed by atoms with Gasteiger partial charge in [0.25, 0.3) is 11.5 Å². The van der Waals surface area contributed by atoms with E-state index in [9.17, 15) is 9.59 Å². The van der Waals surface area contributed by atoms with E-state index >= 15 is 0 Å². The van der Waals surface area contributed by atoms with Crippen molar-refractivity contribution in [2.75, 3.05) is 0 Å². The molecule has 0 saturated carbocycles. The molecule has 0 radical (unpaired) electrons. The molecule has 0 bridgehead atoms. The second-order valence-corrected chi connectivity index (χ2v) is 5.79. The lowest BCUT2D eigenvalue weighted by molar-refractivity contribution is 0.0935. The predicted octanol–water partition coefficient (Wildman–Crippen LogP) is 1.99. The van der Waals surface area contributed by atoms with Gasteiger partial charge in [0.05, 0.1) is 5.39 Å². The minimum absolute atomic E-state index is 0.112. The first-order valence-electron chi connectivity index (χ1n) is 7.75. The average molecular weight is 322 g/mol. The number of carbonyl (C=O) groups is 1. The zero-order chi connectivity index (χ0) is 17.1. The van der Waals surface area contributed by atoms with Gasteiger partial charge in [-0.3, -0.25) is 14.6 Å². The molecule has 0 saturated heterocycles. The highest BCUT2D eigenvalue weighted by Gasteiger charge is 2.16. The van der Waals surface area contributed by atoms with Crippen LogP contribution in [0.25, 0.3) is 10.8 Å². The molecule has 3 rings (SSSR count). The molecule has 2 N–H and O–H groups in total. The predicted molar refractivity (Wildman–Crippen MR) is 92.0 cm³/mol. The number of benzene rings is 1. The zero-order valence-corrected chi connectivity index (χ0v) is 13.5. The number of rotatable bonds is 4. The molecule has 0 aliphatic heterocycles. The van der Waals surface area contributed by atoms with Gasteiger partial charge in [0, 0.05) is 29.7 Å². The molecule has 6 nitrogen and oxygen atoms in total. The number of hydrogen-bond donors (Lipinski definition) is 2. The monoisotopic (exact) mass is 322 g/mol. The van der Waals surface area contributed by atoms with Gasteiger partial charge in [-0.2, -0.15) is 5.10 Å². The number of hydrogen-bond acceptors (Lipinski definition) is 4. The molecule has 24 heavy (non-hydrogen) atoms. The Kier molecular flexibility index (Phi) is 4.37. The van der Waals surface area contributed by atoms with Gasteiger partial charge in [0.15, 0.2) is 5.69 Å². The van der Waals surface area contributed by atoms with Crippen LogP contribution in [0.3, 0.4) is 0 Å². The summed E-state index contributed by atoms with van der Waals surface area (Å²) in [4.78, 5) is 28.7. The van der Waals surface area contributed by atoms with Gasteiger partial charge in [0.1, 0.15) is 0 Å². The van der Waals surface area contributed by atoms with Crippen molar-refractivity contribution >= 4 is 16.7 Å². The molecule has 2 aromatic heterocycles. The molecule has 6 heteroatoms. The number of aromatic amines is 1. The highest BCUT2D eigenvalue weighted by atomic mass is 16.2. The molecule has 0 aliphatic rings. The summed E-state index contributed by atoms with van der Waals surface area (Å²) in [7, 11) is 0. The third-order valence-corrected chi connectivity index (χ3v) is 3.91. The van der Waals surface area contributed by atoms with Crippen molar-refractivity contribution in [3.8, 4) is 0 Å². The van der Waals surface area contributed by atoms with E-state index < -0.39 is 0 Å². The van der Waals surface area contributed by atoms with Crippen molar-refractivity contribution in [3.63, 3.8) is 0 Å². The van der Waals surface area contributed by atoms with Gasteiger partial charge >= 0.3 is 0 Å². The van der Waals surface area contributed by atoms with E-state index in [0.29, 0.717) is 17.2 Å². The van der Waals surface area contributed by atoms with E-state index in [1.165, 1.54) is 0 Å². The van der Waals surface area contributed by atoms with Gasteiger partial charge in [-0.15, -0.1) is 0 Å². The van der Waals surface area contributed by atoms with E-state index in [-0.39, 0.29) is 23.2 Å². The maximum atomic E-state index is 12.5. The summed E-state index contributed by atoms with van der Waals surface area (Å²) in [6, 6.07) is 10.7. The SMILES string of the molecule is Cc1cccnc1C[C@H](C)NC(=O)c1n[nH]c(=O)c2ccccc12. The highest BCUT2D eigenvalue weighted by Crippen LogP contribution is 2.13. The van der Waals surface area contributed by atoms with Crippen LogP contribution in [0.4, 0.5) is 0 Å². The summed E-state index contributed by atoms with van der Waals surface area (Å²) >= 11 is 0. The van der Waals surface area contributed by atoms with Gasteiger partial charge in [0.2, 0.25) is 0 Å². The molecule has 3 aromatic rings. The van der Waals surface area contributed by atoms with E-state index in [0.717, 1.165) is 11.3 Å². The van der Waals surface area contributed by atoms with Crippen LogP contribution >= 0.6 is 0 Å². The lowest BCUT2D eigenvalue weighted by Gasteiger charge is -2.15. The van der Waals surface area contributed by atoms with Crippen LogP contribution in [0.15, 0.2) is 47.4 Å². The number of carbonyl (C=O) groups excluding carboxylic acids is 1. The van der Waals surface area contributed by atoms with Crippen molar-refractivity contribution in [2.24, 2.45) is 0 Å². The van der Waals surface area contributed by atoms with Crippen molar-refractivity contribution in [2.45, 2.75) is 26.3 Å². The molecule has 0 unspecified atom stereocenters. The molecular formula is C18H18N4O2. The Hall–Kier alpha value is -3.02. The fraction of sp³-hybridized carbons (Fsp3) is 0.222. The van der Waals surface area contributed by atoms with Gasteiger partial charge < -0.3 is 5.32 Å². The summed E-state index contributed by atoms with van der Waals surface area (Å²) in [5, 5.41) is 10.2. The summed E-state index contributed by atoms with van der Waals surface area (Å²) in [6.07, 6.45) is 2.37. The third kappa shape index (κ3) is 3.17. The van der Waals surface area contributed by atoms with Crippen molar-refractivity contribution in [3.05, 3.63) is 69.9 Å². The number of pyridine rings is 1. The third-order valence-electron chi connectivity index (χ3n) is 3.91. The number of nitrogens with one attached hydrogen (secondary N) is 2. The fourth-order valence-electron chi connectivity index (χ4n) is 2.65. The first-order valence-corrected chi connectivity index (χ1v) is 7.75. The molecule has 1 atom stereocenters. The maximum Gasteiger partial charge on any atom is 0.272 e. The first-order chi connectivity index (χ1) is 11.6. The number of aromatic nitrogens is 3. The number of nitrogens with zero attached hydrogens (tertiary/aromatic N) is 2. The topological polar surface area (TPSA) is 87.7 Å². The molecule has 0 spiro atoms. The second kappa shape index (κ2) is 6.62. The fourth-order valence-corrected chi connectivity index (χ4v) is 2.65. The van der Waals surface area contributed by atoms with Crippen LogP contribution in [0.5, 0.6) is 0 Å². The minimum Gasteiger partial charge on any atom is -0.348 e. The van der Waals surface area contributed by atoms with Crippen molar-refractivity contribution < 1.29 is 4.79 Å². The number of H-pyrrole nitrogens is 1. The second-order valence-electron chi connectivity index (χ2n) is 5.79. The Morgan fingerprint density at radius 3 is 2.71 bits per heavy atom. The first kappa shape index (κ1) is 15.9. The van der Waals surface area contributed by atoms with E-state index in [1.807, 2.05) is 26.0 Å². The van der Waals surface area contributed by atoms with E-state index in [2.05, 4.69) is 20.5 Å². The molecule has 0 fully saturated rings. The van der Waals surface area contributed by atoms with Crippen molar-refractivity contribution in [1.82, 2.24) is 20.5 Å². The minimum atomic E-state index is -0.316. The van der Waals surface area contributed by atoms with E-state index in [1.54, 1.807) is 30.5 Å². The molecule has 2 heterocycles. The Labute approximate surface area is 138 Å². The van der Waals surface area contributed by atoms with E-state index in [4.69, 9.17) is 0 Å². The van der Waals surface area contributed by atoms with Crippen molar-refractivity contribution in [1.29, 1.82) is 0 Å². The van der Waals surface area contributed by atoms with Crippen LogP contribution in [0, 0.1) is 6.92 Å². The lowest BCUT2D eigenvalue weighted by atomic mass is 10.1. The van der Waals surface area contributed by atoms with Crippen LogP contribution < -0.4 is 10.9 Å². The van der Waals surface area contributed by atoms with Gasteiger partial charge in [-0.05, 0) is 31.5 Å². The normalized spacial score (nSPS) is 12.1. The van der Waals surface area contributed by atoms with Crippen LogP contribution in [-0.2, 0) is 6.42 Å². The Morgan fingerprint density at radius 2 is 1.96 bits per heavy atom. The number of fused-ring (bicyclic) bond motifs is 1. The van der Waals surface area contributed by atoms with Crippen LogP contribution in [0.2, 0.25) is 0 Å². The Balaban J connectivity index is 1.82. The van der Waals surface area contributed by atoms with Crippen LogP contribution in [0.1, 0.15) is 28.7 Å². The lowest BCUT2D eigenvalue weighted by Crippen LogP contribution is -2.35. The average Bonchev–Trinajstić information content (AvgIpc) is 2.57.